The van der Waals surface area contributed by atoms with Crippen molar-refractivity contribution in [2.75, 3.05) is 12.8 Å². The molecule has 0 aliphatic rings. The van der Waals surface area contributed by atoms with Crippen molar-refractivity contribution in [1.29, 1.82) is 0 Å². The number of rotatable bonds is 4. The van der Waals surface area contributed by atoms with Gasteiger partial charge in [0, 0.05) is 16.3 Å². The van der Waals surface area contributed by atoms with Gasteiger partial charge >= 0.3 is 0 Å². The minimum atomic E-state index is 0.686. The smallest absolute Gasteiger partial charge is 0.119 e. The van der Waals surface area contributed by atoms with Gasteiger partial charge in [0.05, 0.1) is 12.1 Å². The maximum atomic E-state index is 6.13. The molecule has 2 aromatic rings. The average Bonchev–Trinajstić information content (AvgIpc) is 2.38. The molecule has 0 saturated carbocycles. The highest BCUT2D eigenvalue weighted by Crippen LogP contribution is 2.31. The standard InChI is InChI=1S/C14H14ClNOS/c1-17-12-4-2-3-10(7-12)9-18-14-6-5-11(16)8-13(14)15/h2-8H,9,16H2,1H3. The third-order valence-electron chi connectivity index (χ3n) is 2.48. The van der Waals surface area contributed by atoms with Gasteiger partial charge in [-0.25, -0.2) is 0 Å². The van der Waals surface area contributed by atoms with Crippen molar-refractivity contribution in [3.05, 3.63) is 53.1 Å². The molecule has 0 aromatic heterocycles. The molecule has 94 valence electrons. The molecule has 2 N–H and O–H groups in total. The van der Waals surface area contributed by atoms with E-state index in [-0.39, 0.29) is 0 Å². The maximum absolute atomic E-state index is 6.13. The summed E-state index contributed by atoms with van der Waals surface area (Å²) in [4.78, 5) is 1.04. The molecule has 0 bridgehead atoms. The lowest BCUT2D eigenvalue weighted by molar-refractivity contribution is 0.414. The molecule has 0 atom stereocenters. The van der Waals surface area contributed by atoms with Gasteiger partial charge in [0.25, 0.3) is 0 Å². The third kappa shape index (κ3) is 3.34. The first kappa shape index (κ1) is 13.1. The second-order valence-electron chi connectivity index (χ2n) is 3.83. The Bertz CT molecular complexity index is 545. The predicted molar refractivity (Wildman–Crippen MR) is 78.4 cm³/mol. The Hall–Kier alpha value is -1.32. The van der Waals surface area contributed by atoms with E-state index in [4.69, 9.17) is 22.1 Å². The Labute approximate surface area is 116 Å². The summed E-state index contributed by atoms with van der Waals surface area (Å²) in [6, 6.07) is 13.6. The van der Waals surface area contributed by atoms with Crippen molar-refractivity contribution in [2.45, 2.75) is 10.6 Å². The van der Waals surface area contributed by atoms with Gasteiger partial charge in [0.1, 0.15) is 5.75 Å². The highest BCUT2D eigenvalue weighted by Gasteiger charge is 2.03. The Morgan fingerprint density at radius 2 is 2.06 bits per heavy atom. The van der Waals surface area contributed by atoms with E-state index >= 15 is 0 Å². The molecular formula is C14H14ClNOS. The first-order chi connectivity index (χ1) is 8.69. The van der Waals surface area contributed by atoms with Crippen LogP contribution in [-0.2, 0) is 5.75 Å². The number of hydrogen-bond donors (Lipinski definition) is 1. The van der Waals surface area contributed by atoms with Gasteiger partial charge in [0.15, 0.2) is 0 Å². The Morgan fingerprint density at radius 3 is 2.78 bits per heavy atom. The van der Waals surface area contributed by atoms with Gasteiger partial charge in [-0.1, -0.05) is 23.7 Å². The van der Waals surface area contributed by atoms with Crippen LogP contribution in [0.3, 0.4) is 0 Å². The van der Waals surface area contributed by atoms with E-state index in [0.29, 0.717) is 10.7 Å². The number of thioether (sulfide) groups is 1. The zero-order valence-electron chi connectivity index (χ0n) is 10.0. The minimum absolute atomic E-state index is 0.686. The SMILES string of the molecule is COc1cccc(CSc2ccc(N)cc2Cl)c1. The lowest BCUT2D eigenvalue weighted by atomic mass is 10.2. The molecule has 0 saturated heterocycles. The monoisotopic (exact) mass is 279 g/mol. The fourth-order valence-corrected chi connectivity index (χ4v) is 2.77. The van der Waals surface area contributed by atoms with Crippen LogP contribution in [0.25, 0.3) is 0 Å². The lowest BCUT2D eigenvalue weighted by Gasteiger charge is -2.06. The van der Waals surface area contributed by atoms with Crippen LogP contribution in [0.15, 0.2) is 47.4 Å². The van der Waals surface area contributed by atoms with Gasteiger partial charge in [-0.2, -0.15) is 0 Å². The van der Waals surface area contributed by atoms with Gasteiger partial charge in [0.2, 0.25) is 0 Å². The van der Waals surface area contributed by atoms with Crippen LogP contribution in [0.1, 0.15) is 5.56 Å². The average molecular weight is 280 g/mol. The number of nitrogen functional groups attached to an aromatic ring is 1. The molecule has 0 heterocycles. The predicted octanol–water partition coefficient (Wildman–Crippen LogP) is 4.22. The Kier molecular flexibility index (Phi) is 4.39. The first-order valence-corrected chi connectivity index (χ1v) is 6.86. The van der Waals surface area contributed by atoms with E-state index in [2.05, 4.69) is 6.07 Å². The van der Waals surface area contributed by atoms with Crippen molar-refractivity contribution in [3.8, 4) is 5.75 Å². The fourth-order valence-electron chi connectivity index (χ4n) is 1.56. The largest absolute Gasteiger partial charge is 0.497 e. The Balaban J connectivity index is 2.06. The molecule has 2 nitrogen and oxygen atoms in total. The van der Waals surface area contributed by atoms with Crippen LogP contribution < -0.4 is 10.5 Å². The van der Waals surface area contributed by atoms with Crippen molar-refractivity contribution in [3.63, 3.8) is 0 Å². The molecule has 0 radical (unpaired) electrons. The number of halogens is 1. The molecule has 4 heteroatoms. The first-order valence-electron chi connectivity index (χ1n) is 5.50. The summed E-state index contributed by atoms with van der Waals surface area (Å²) in [6.45, 7) is 0. The topological polar surface area (TPSA) is 35.2 Å². The zero-order chi connectivity index (χ0) is 13.0. The normalized spacial score (nSPS) is 10.3. The lowest BCUT2D eigenvalue weighted by Crippen LogP contribution is -1.87. The van der Waals surface area contributed by atoms with Crippen LogP contribution in [0, 0.1) is 0 Å². The summed E-state index contributed by atoms with van der Waals surface area (Å²) in [7, 11) is 1.67. The molecule has 0 aliphatic heterocycles. The Morgan fingerprint density at radius 1 is 1.22 bits per heavy atom. The third-order valence-corrected chi connectivity index (χ3v) is 4.05. The minimum Gasteiger partial charge on any atom is -0.497 e. The van der Waals surface area contributed by atoms with E-state index in [1.54, 1.807) is 24.9 Å². The van der Waals surface area contributed by atoms with Crippen LogP contribution in [0.5, 0.6) is 5.75 Å². The number of ether oxygens (including phenoxy) is 1. The van der Waals surface area contributed by atoms with Crippen molar-refractivity contribution in [2.24, 2.45) is 0 Å². The summed E-state index contributed by atoms with van der Waals surface area (Å²) in [5.74, 6) is 1.72. The molecule has 0 aliphatic carbocycles. The summed E-state index contributed by atoms with van der Waals surface area (Å²) in [5, 5.41) is 0.697. The van der Waals surface area contributed by atoms with Gasteiger partial charge < -0.3 is 10.5 Å². The van der Waals surface area contributed by atoms with E-state index in [1.807, 2.05) is 30.3 Å². The van der Waals surface area contributed by atoms with Crippen molar-refractivity contribution >= 4 is 29.1 Å². The van der Waals surface area contributed by atoms with E-state index in [9.17, 15) is 0 Å². The van der Waals surface area contributed by atoms with Crippen LogP contribution in [-0.4, -0.2) is 7.11 Å². The molecular weight excluding hydrogens is 266 g/mol. The van der Waals surface area contributed by atoms with Crippen molar-refractivity contribution < 1.29 is 4.74 Å². The summed E-state index contributed by atoms with van der Waals surface area (Å²) < 4.78 is 5.19. The second-order valence-corrected chi connectivity index (χ2v) is 5.25. The highest BCUT2D eigenvalue weighted by molar-refractivity contribution is 7.98. The summed E-state index contributed by atoms with van der Waals surface area (Å²) in [5.41, 5.74) is 7.55. The number of benzene rings is 2. The molecule has 0 fully saturated rings. The molecule has 0 amide bonds. The quantitative estimate of drug-likeness (QED) is 0.672. The van der Waals surface area contributed by atoms with E-state index < -0.39 is 0 Å². The summed E-state index contributed by atoms with van der Waals surface area (Å²) in [6.07, 6.45) is 0. The van der Waals surface area contributed by atoms with Crippen molar-refractivity contribution in [1.82, 2.24) is 0 Å². The van der Waals surface area contributed by atoms with Gasteiger partial charge in [-0.05, 0) is 35.9 Å². The molecule has 18 heavy (non-hydrogen) atoms. The molecule has 0 spiro atoms. The number of hydrogen-bond acceptors (Lipinski definition) is 3. The van der Waals surface area contributed by atoms with E-state index in [0.717, 1.165) is 16.4 Å². The van der Waals surface area contributed by atoms with Crippen LogP contribution in [0.2, 0.25) is 5.02 Å². The molecule has 2 aromatic carbocycles. The number of anilines is 1. The van der Waals surface area contributed by atoms with Gasteiger partial charge in [-0.15, -0.1) is 11.8 Å². The van der Waals surface area contributed by atoms with Crippen LogP contribution >= 0.6 is 23.4 Å². The maximum Gasteiger partial charge on any atom is 0.119 e. The zero-order valence-corrected chi connectivity index (χ0v) is 11.6. The van der Waals surface area contributed by atoms with Gasteiger partial charge in [-0.3, -0.25) is 0 Å². The summed E-state index contributed by atoms with van der Waals surface area (Å²) >= 11 is 7.81. The second kappa shape index (κ2) is 6.03. The van der Waals surface area contributed by atoms with Crippen LogP contribution in [0.4, 0.5) is 5.69 Å². The van der Waals surface area contributed by atoms with E-state index in [1.165, 1.54) is 5.56 Å². The fraction of sp³-hybridized carbons (Fsp3) is 0.143. The molecule has 2 rings (SSSR count). The molecule has 0 unspecified atom stereocenters. The highest BCUT2D eigenvalue weighted by atomic mass is 35.5. The number of nitrogens with two attached hydrogens (primary N) is 1. The number of methoxy groups -OCH3 is 1.